The molecule has 3 N–H and O–H groups in total. The van der Waals surface area contributed by atoms with Gasteiger partial charge in [0.05, 0.1) is 0 Å². The lowest BCUT2D eigenvalue weighted by Crippen LogP contribution is -2.35. The van der Waals surface area contributed by atoms with Crippen LogP contribution < -0.4 is 15.5 Å². The molecule has 0 saturated heterocycles. The second kappa shape index (κ2) is 10.2. The Bertz CT molecular complexity index is 1160. The Balaban J connectivity index is 1.44. The van der Waals surface area contributed by atoms with E-state index in [0.717, 1.165) is 31.2 Å². The predicted octanol–water partition coefficient (Wildman–Crippen LogP) is 2.53. The maximum atomic E-state index is 13.5. The maximum Gasteiger partial charge on any atom is 0.270 e. The number of amides is 2. The molecule has 3 aromatic rings. The van der Waals surface area contributed by atoms with Gasteiger partial charge in [0.15, 0.2) is 0 Å². The number of halogens is 2. The van der Waals surface area contributed by atoms with Gasteiger partial charge in [0, 0.05) is 25.2 Å². The van der Waals surface area contributed by atoms with Crippen LogP contribution in [0.3, 0.4) is 0 Å². The van der Waals surface area contributed by atoms with Crippen molar-refractivity contribution in [3.8, 4) is 0 Å². The van der Waals surface area contributed by atoms with Crippen LogP contribution in [0.2, 0.25) is 0 Å². The number of carbonyl (C=O) groups is 2. The minimum absolute atomic E-state index is 0.0492. The van der Waals surface area contributed by atoms with E-state index in [0.29, 0.717) is 24.1 Å². The van der Waals surface area contributed by atoms with Crippen molar-refractivity contribution in [1.82, 2.24) is 35.1 Å². The van der Waals surface area contributed by atoms with E-state index in [4.69, 9.17) is 11.8 Å². The molecule has 2 aromatic heterocycles. The first-order valence-electron chi connectivity index (χ1n) is 10.8. The van der Waals surface area contributed by atoms with E-state index in [2.05, 4.69) is 30.5 Å². The van der Waals surface area contributed by atoms with E-state index in [-0.39, 0.29) is 35.4 Å². The van der Waals surface area contributed by atoms with Gasteiger partial charge in [0.25, 0.3) is 17.6 Å². The zero-order valence-electron chi connectivity index (χ0n) is 18.1. The van der Waals surface area contributed by atoms with Gasteiger partial charge in [-0.25, -0.2) is 14.2 Å². The van der Waals surface area contributed by atoms with Gasteiger partial charge in [-0.1, -0.05) is 12.1 Å². The van der Waals surface area contributed by atoms with Crippen molar-refractivity contribution in [2.24, 2.45) is 5.92 Å². The number of hydrogen-bond acceptors (Lipinski definition) is 6. The van der Waals surface area contributed by atoms with Gasteiger partial charge in [0.1, 0.15) is 23.5 Å². The molecule has 9 nitrogen and oxygen atoms in total. The summed E-state index contributed by atoms with van der Waals surface area (Å²) in [5, 5.41) is 9.75. The van der Waals surface area contributed by atoms with Gasteiger partial charge in [-0.2, -0.15) is 14.6 Å². The lowest BCUT2D eigenvalue weighted by molar-refractivity contribution is 0.0935. The van der Waals surface area contributed by atoms with Crippen LogP contribution in [0, 0.1) is 18.7 Å². The molecule has 1 saturated carbocycles. The number of rotatable bonds is 7. The molecular formula is C22H25ClFN7O2. The average Bonchev–Trinajstić information content (AvgIpc) is 3.31. The molecule has 2 amide bonds. The molecule has 0 radical (unpaired) electrons. The minimum Gasteiger partial charge on any atom is -0.350 e. The average molecular weight is 474 g/mol. The summed E-state index contributed by atoms with van der Waals surface area (Å²) in [5.41, 5.74) is 1.48. The SMILES string of the molecule is Cc1cc(CNC(=O)c2cc(C(=O)NCC3CCC(NCl)CC3)n3ncnc3n2)ccc1F. The van der Waals surface area contributed by atoms with Crippen molar-refractivity contribution in [1.29, 1.82) is 0 Å². The molecule has 0 aliphatic heterocycles. The Labute approximate surface area is 195 Å². The highest BCUT2D eigenvalue weighted by atomic mass is 35.5. The van der Waals surface area contributed by atoms with E-state index < -0.39 is 5.91 Å². The van der Waals surface area contributed by atoms with Crippen molar-refractivity contribution in [2.75, 3.05) is 6.54 Å². The molecule has 174 valence electrons. The Morgan fingerprint density at radius 1 is 1.15 bits per heavy atom. The fraction of sp³-hybridized carbons (Fsp3) is 0.409. The Morgan fingerprint density at radius 3 is 2.67 bits per heavy atom. The van der Waals surface area contributed by atoms with Gasteiger partial charge in [-0.05, 0) is 67.5 Å². The summed E-state index contributed by atoms with van der Waals surface area (Å²) in [7, 11) is 0. The van der Waals surface area contributed by atoms with E-state index in [1.807, 2.05) is 0 Å². The second-order valence-corrected chi connectivity index (χ2v) is 8.52. The monoisotopic (exact) mass is 473 g/mol. The fourth-order valence-electron chi connectivity index (χ4n) is 3.98. The van der Waals surface area contributed by atoms with Crippen molar-refractivity contribution >= 4 is 29.4 Å². The minimum atomic E-state index is -0.469. The lowest BCUT2D eigenvalue weighted by atomic mass is 9.86. The van der Waals surface area contributed by atoms with Crippen molar-refractivity contribution in [2.45, 2.75) is 45.2 Å². The number of hydrogen-bond donors (Lipinski definition) is 3. The van der Waals surface area contributed by atoms with Crippen LogP contribution in [-0.2, 0) is 6.54 Å². The summed E-state index contributed by atoms with van der Waals surface area (Å²) < 4.78 is 14.8. The van der Waals surface area contributed by atoms with Gasteiger partial charge in [-0.15, -0.1) is 0 Å². The zero-order chi connectivity index (χ0) is 23.4. The van der Waals surface area contributed by atoms with Crippen LogP contribution in [-0.4, -0.2) is 44.0 Å². The van der Waals surface area contributed by atoms with E-state index in [1.165, 1.54) is 23.0 Å². The number of nitrogens with one attached hydrogen (secondary N) is 3. The lowest BCUT2D eigenvalue weighted by Gasteiger charge is -2.27. The number of fused-ring (bicyclic) bond motifs is 1. The largest absolute Gasteiger partial charge is 0.350 e. The summed E-state index contributed by atoms with van der Waals surface area (Å²) in [6, 6.07) is 6.34. The first-order valence-corrected chi connectivity index (χ1v) is 11.2. The third-order valence-corrected chi connectivity index (χ3v) is 6.25. The summed E-state index contributed by atoms with van der Waals surface area (Å²) in [5.74, 6) is -0.607. The third kappa shape index (κ3) is 5.45. The van der Waals surface area contributed by atoms with Crippen molar-refractivity contribution < 1.29 is 14.0 Å². The number of nitrogens with zero attached hydrogens (tertiary/aromatic N) is 4. The first kappa shape index (κ1) is 23.1. The predicted molar refractivity (Wildman–Crippen MR) is 120 cm³/mol. The number of aryl methyl sites for hydroxylation is 1. The molecule has 1 aliphatic rings. The third-order valence-electron chi connectivity index (χ3n) is 5.94. The van der Waals surface area contributed by atoms with Gasteiger partial charge in [-0.3, -0.25) is 9.59 Å². The quantitative estimate of drug-likeness (QED) is 0.454. The molecule has 0 spiro atoms. The molecule has 1 aliphatic carbocycles. The Morgan fingerprint density at radius 2 is 1.94 bits per heavy atom. The summed E-state index contributed by atoms with van der Waals surface area (Å²) in [6.07, 6.45) is 5.14. The smallest absolute Gasteiger partial charge is 0.270 e. The van der Waals surface area contributed by atoms with E-state index in [1.54, 1.807) is 19.1 Å². The Hall–Kier alpha value is -3.11. The van der Waals surface area contributed by atoms with Gasteiger partial charge < -0.3 is 10.6 Å². The molecule has 0 bridgehead atoms. The molecule has 1 fully saturated rings. The van der Waals surface area contributed by atoms with Crippen LogP contribution in [0.25, 0.3) is 5.78 Å². The fourth-order valence-corrected chi connectivity index (χ4v) is 4.20. The van der Waals surface area contributed by atoms with Crippen LogP contribution in [0.15, 0.2) is 30.6 Å². The maximum absolute atomic E-state index is 13.5. The highest BCUT2D eigenvalue weighted by Gasteiger charge is 2.23. The molecule has 0 unspecified atom stereocenters. The van der Waals surface area contributed by atoms with Crippen molar-refractivity contribution in [3.63, 3.8) is 0 Å². The summed E-state index contributed by atoms with van der Waals surface area (Å²) >= 11 is 5.70. The van der Waals surface area contributed by atoms with Crippen LogP contribution in [0.4, 0.5) is 4.39 Å². The Kier molecular flexibility index (Phi) is 7.14. The highest BCUT2D eigenvalue weighted by molar-refractivity contribution is 6.13. The number of benzene rings is 1. The molecule has 33 heavy (non-hydrogen) atoms. The number of aromatic nitrogens is 4. The second-order valence-electron chi connectivity index (χ2n) is 8.30. The molecule has 4 rings (SSSR count). The van der Waals surface area contributed by atoms with Crippen molar-refractivity contribution in [3.05, 3.63) is 58.9 Å². The molecular weight excluding hydrogens is 449 g/mol. The zero-order valence-corrected chi connectivity index (χ0v) is 18.9. The van der Waals surface area contributed by atoms with Crippen LogP contribution in [0.5, 0.6) is 0 Å². The van der Waals surface area contributed by atoms with Crippen LogP contribution >= 0.6 is 11.8 Å². The molecule has 1 aromatic carbocycles. The van der Waals surface area contributed by atoms with E-state index >= 15 is 0 Å². The topological polar surface area (TPSA) is 113 Å². The normalized spacial score (nSPS) is 18.3. The highest BCUT2D eigenvalue weighted by Crippen LogP contribution is 2.24. The van der Waals surface area contributed by atoms with Gasteiger partial charge in [0.2, 0.25) is 0 Å². The molecule has 2 heterocycles. The first-order chi connectivity index (χ1) is 15.9. The molecule has 11 heteroatoms. The summed E-state index contributed by atoms with van der Waals surface area (Å²) in [4.78, 5) is 36.7. The number of carbonyl (C=O) groups excluding carboxylic acids is 2. The van der Waals surface area contributed by atoms with Gasteiger partial charge >= 0.3 is 0 Å². The van der Waals surface area contributed by atoms with Crippen LogP contribution in [0.1, 0.15) is 57.8 Å². The van der Waals surface area contributed by atoms with E-state index in [9.17, 15) is 14.0 Å². The molecule has 0 atom stereocenters. The summed E-state index contributed by atoms with van der Waals surface area (Å²) in [6.45, 7) is 2.38. The standard InChI is InChI=1S/C22H25ClFN7O2/c1-13-8-15(4-7-17(13)24)11-25-20(32)18-9-19(31-22(29-18)27-12-28-31)21(33)26-10-14-2-5-16(30-23)6-3-14/h4,7-9,12,14,16,30H,2-3,5-6,10-11H2,1H3,(H,25,32)(H,26,33).